The quantitative estimate of drug-likeness (QED) is 0.836. The van der Waals surface area contributed by atoms with Crippen molar-refractivity contribution in [2.24, 2.45) is 0 Å². The van der Waals surface area contributed by atoms with Gasteiger partial charge < -0.3 is 14.8 Å². The molecule has 1 aromatic heterocycles. The maximum absolute atomic E-state index is 12.2. The van der Waals surface area contributed by atoms with Crippen molar-refractivity contribution in [3.05, 3.63) is 35.5 Å². The number of aromatic carboxylic acids is 1. The van der Waals surface area contributed by atoms with Crippen LogP contribution in [0.3, 0.4) is 0 Å². The number of benzene rings is 1. The fraction of sp³-hybridized carbons (Fsp3) is 0.214. The zero-order chi connectivity index (χ0) is 15.3. The summed E-state index contributed by atoms with van der Waals surface area (Å²) in [6, 6.07) is 5.92. The summed E-state index contributed by atoms with van der Waals surface area (Å²) in [4.78, 5) is 35.1. The Morgan fingerprint density at radius 1 is 1.24 bits per heavy atom. The minimum atomic E-state index is -1.28. The first-order chi connectivity index (χ1) is 9.90. The number of nitrogens with zero attached hydrogens (tertiary/aromatic N) is 2. The molecular formula is C14H12N2O5. The van der Waals surface area contributed by atoms with Crippen molar-refractivity contribution in [2.75, 3.05) is 6.54 Å². The van der Waals surface area contributed by atoms with Crippen molar-refractivity contribution in [1.82, 2.24) is 9.47 Å². The summed E-state index contributed by atoms with van der Waals surface area (Å²) in [6.07, 6.45) is -1.28. The summed E-state index contributed by atoms with van der Waals surface area (Å²) in [5, 5.41) is 18.8. The van der Waals surface area contributed by atoms with Crippen molar-refractivity contribution < 1.29 is 24.6 Å². The second kappa shape index (κ2) is 4.34. The number of aromatic nitrogens is 1. The predicted molar refractivity (Wildman–Crippen MR) is 72.7 cm³/mol. The zero-order valence-corrected chi connectivity index (χ0v) is 11.1. The second-order valence-electron chi connectivity index (χ2n) is 5.03. The van der Waals surface area contributed by atoms with Crippen molar-refractivity contribution in [2.45, 2.75) is 13.0 Å². The molecule has 0 aliphatic carbocycles. The third kappa shape index (κ3) is 1.85. The molecule has 0 saturated carbocycles. The maximum atomic E-state index is 12.2. The summed E-state index contributed by atoms with van der Waals surface area (Å²) in [5.74, 6) is -1.64. The van der Waals surface area contributed by atoms with Crippen molar-refractivity contribution >= 4 is 28.9 Å². The molecule has 7 nitrogen and oxygen atoms in total. The molecule has 2 amide bonds. The standard InChI is InChI=1S/C14H12N2O5/c1-7-6-15(14(20)21)12(17)11-4-8-2-3-9(13(18)19)5-10(8)16(7)11/h2-5,7H,6H2,1H3,(H,18,19)(H,20,21). The molecule has 0 radical (unpaired) electrons. The van der Waals surface area contributed by atoms with Gasteiger partial charge in [-0.25, -0.2) is 14.5 Å². The highest BCUT2D eigenvalue weighted by atomic mass is 16.4. The fourth-order valence-corrected chi connectivity index (χ4v) is 2.73. The predicted octanol–water partition coefficient (Wildman–Crippen LogP) is 2.03. The SMILES string of the molecule is CC1CN(C(=O)O)C(=O)c2cc3ccc(C(=O)O)cc3n21. The second-order valence-corrected chi connectivity index (χ2v) is 5.03. The number of amides is 2. The molecule has 2 aromatic rings. The van der Waals surface area contributed by atoms with Crippen LogP contribution in [-0.2, 0) is 0 Å². The van der Waals surface area contributed by atoms with E-state index in [1.165, 1.54) is 12.1 Å². The van der Waals surface area contributed by atoms with Crippen molar-refractivity contribution in [1.29, 1.82) is 0 Å². The number of carboxylic acids is 1. The highest BCUT2D eigenvalue weighted by molar-refractivity contribution is 6.06. The molecule has 3 rings (SSSR count). The molecule has 0 fully saturated rings. The third-order valence-electron chi connectivity index (χ3n) is 3.67. The van der Waals surface area contributed by atoms with Crippen LogP contribution in [0.5, 0.6) is 0 Å². The topological polar surface area (TPSA) is 99.8 Å². The van der Waals surface area contributed by atoms with E-state index in [9.17, 15) is 14.4 Å². The van der Waals surface area contributed by atoms with E-state index in [1.807, 2.05) is 0 Å². The molecule has 1 aliphatic heterocycles. The van der Waals surface area contributed by atoms with Crippen LogP contribution in [0, 0.1) is 0 Å². The fourth-order valence-electron chi connectivity index (χ4n) is 2.73. The van der Waals surface area contributed by atoms with Crippen molar-refractivity contribution in [3.63, 3.8) is 0 Å². The van der Waals surface area contributed by atoms with Crippen LogP contribution >= 0.6 is 0 Å². The maximum Gasteiger partial charge on any atom is 0.414 e. The average Bonchev–Trinajstić information content (AvgIpc) is 2.81. The molecule has 7 heteroatoms. The summed E-state index contributed by atoms with van der Waals surface area (Å²) in [6.45, 7) is 1.83. The summed E-state index contributed by atoms with van der Waals surface area (Å²) in [5.41, 5.74) is 1.01. The van der Waals surface area contributed by atoms with Crippen LogP contribution in [0.1, 0.15) is 33.8 Å². The molecule has 21 heavy (non-hydrogen) atoms. The van der Waals surface area contributed by atoms with Crippen LogP contribution in [0.2, 0.25) is 0 Å². The first-order valence-corrected chi connectivity index (χ1v) is 6.33. The lowest BCUT2D eigenvalue weighted by Crippen LogP contribution is -2.44. The van der Waals surface area contributed by atoms with E-state index in [-0.39, 0.29) is 23.8 Å². The van der Waals surface area contributed by atoms with Gasteiger partial charge in [0.2, 0.25) is 0 Å². The lowest BCUT2D eigenvalue weighted by atomic mass is 10.1. The Labute approximate surface area is 119 Å². The van der Waals surface area contributed by atoms with Crippen LogP contribution in [-0.4, -0.2) is 44.2 Å². The van der Waals surface area contributed by atoms with Gasteiger partial charge in [-0.05, 0) is 25.1 Å². The van der Waals surface area contributed by atoms with Gasteiger partial charge in [0, 0.05) is 16.9 Å². The number of carbonyl (C=O) groups is 3. The first kappa shape index (κ1) is 13.2. The van der Waals surface area contributed by atoms with Gasteiger partial charge in [-0.2, -0.15) is 0 Å². The van der Waals surface area contributed by atoms with Gasteiger partial charge in [0.25, 0.3) is 5.91 Å². The summed E-state index contributed by atoms with van der Waals surface area (Å²) < 4.78 is 1.70. The third-order valence-corrected chi connectivity index (χ3v) is 3.67. The Morgan fingerprint density at radius 2 is 1.95 bits per heavy atom. The minimum absolute atomic E-state index is 0.0439. The Bertz CT molecular complexity index is 792. The van der Waals surface area contributed by atoms with Gasteiger partial charge in [-0.1, -0.05) is 6.07 Å². The zero-order valence-electron chi connectivity index (χ0n) is 11.1. The van der Waals surface area contributed by atoms with Crippen LogP contribution < -0.4 is 0 Å². The number of rotatable bonds is 1. The molecule has 1 atom stereocenters. The van der Waals surface area contributed by atoms with Gasteiger partial charge in [-0.3, -0.25) is 4.79 Å². The molecular weight excluding hydrogens is 276 g/mol. The van der Waals surface area contributed by atoms with Gasteiger partial charge in [-0.15, -0.1) is 0 Å². The molecule has 1 aromatic carbocycles. The van der Waals surface area contributed by atoms with E-state index in [4.69, 9.17) is 10.2 Å². The van der Waals surface area contributed by atoms with Crippen LogP contribution in [0.25, 0.3) is 10.9 Å². The molecule has 1 unspecified atom stereocenters. The van der Waals surface area contributed by atoms with Crippen LogP contribution in [0.15, 0.2) is 24.3 Å². The Hall–Kier alpha value is -2.83. The number of carbonyl (C=O) groups excluding carboxylic acids is 1. The molecule has 2 N–H and O–H groups in total. The van der Waals surface area contributed by atoms with Gasteiger partial charge >= 0.3 is 12.1 Å². The van der Waals surface area contributed by atoms with E-state index < -0.39 is 18.0 Å². The highest BCUT2D eigenvalue weighted by Crippen LogP contribution is 2.30. The molecule has 0 spiro atoms. The van der Waals surface area contributed by atoms with E-state index >= 15 is 0 Å². The molecule has 1 aliphatic rings. The first-order valence-electron chi connectivity index (χ1n) is 6.33. The highest BCUT2D eigenvalue weighted by Gasteiger charge is 2.34. The van der Waals surface area contributed by atoms with Gasteiger partial charge in [0.15, 0.2) is 0 Å². The van der Waals surface area contributed by atoms with Crippen molar-refractivity contribution in [3.8, 4) is 0 Å². The monoisotopic (exact) mass is 288 g/mol. The average molecular weight is 288 g/mol. The van der Waals surface area contributed by atoms with E-state index in [1.54, 1.807) is 23.6 Å². The number of carboxylic acid groups (broad SMARTS) is 2. The Balaban J connectivity index is 2.24. The normalized spacial score (nSPS) is 17.9. The number of hydrogen-bond acceptors (Lipinski definition) is 3. The van der Waals surface area contributed by atoms with Gasteiger partial charge in [0.05, 0.1) is 12.1 Å². The van der Waals surface area contributed by atoms with Crippen LogP contribution in [0.4, 0.5) is 4.79 Å². The molecule has 0 bridgehead atoms. The molecule has 0 saturated heterocycles. The Morgan fingerprint density at radius 3 is 2.57 bits per heavy atom. The van der Waals surface area contributed by atoms with E-state index in [0.29, 0.717) is 10.9 Å². The lowest BCUT2D eigenvalue weighted by molar-refractivity contribution is 0.0666. The Kier molecular flexibility index (Phi) is 2.72. The van der Waals surface area contributed by atoms with E-state index in [2.05, 4.69) is 0 Å². The lowest BCUT2D eigenvalue weighted by Gasteiger charge is -2.30. The number of imide groups is 1. The number of fused-ring (bicyclic) bond motifs is 3. The van der Waals surface area contributed by atoms with Gasteiger partial charge in [0.1, 0.15) is 5.69 Å². The number of hydrogen-bond donors (Lipinski definition) is 2. The molecule has 108 valence electrons. The smallest absolute Gasteiger partial charge is 0.414 e. The summed E-state index contributed by atoms with van der Waals surface area (Å²) in [7, 11) is 0. The minimum Gasteiger partial charge on any atom is -0.478 e. The largest absolute Gasteiger partial charge is 0.478 e. The molecule has 2 heterocycles. The van der Waals surface area contributed by atoms with E-state index in [0.717, 1.165) is 4.90 Å². The summed E-state index contributed by atoms with van der Waals surface area (Å²) >= 11 is 0.